The van der Waals surface area contributed by atoms with E-state index in [2.05, 4.69) is 48.5 Å². The van der Waals surface area contributed by atoms with Crippen molar-refractivity contribution >= 4 is 39.5 Å². The summed E-state index contributed by atoms with van der Waals surface area (Å²) < 4.78 is 68.8. The first-order valence-electron chi connectivity index (χ1n) is 42.3. The van der Waals surface area contributed by atoms with E-state index in [1.54, 1.807) is 0 Å². The van der Waals surface area contributed by atoms with Crippen LogP contribution in [0.1, 0.15) is 427 Å². The highest BCUT2D eigenvalue weighted by Crippen LogP contribution is 2.45. The van der Waals surface area contributed by atoms with Crippen molar-refractivity contribution in [1.82, 2.24) is 0 Å². The fourth-order valence-electron chi connectivity index (χ4n) is 12.7. The maximum atomic E-state index is 13.1. The Bertz CT molecular complexity index is 1960. The van der Waals surface area contributed by atoms with Crippen molar-refractivity contribution in [2.24, 2.45) is 17.8 Å². The van der Waals surface area contributed by atoms with Gasteiger partial charge in [-0.1, -0.05) is 376 Å². The van der Waals surface area contributed by atoms with E-state index in [-0.39, 0.29) is 25.7 Å². The molecule has 0 aliphatic carbocycles. The Labute approximate surface area is 619 Å². The summed E-state index contributed by atoms with van der Waals surface area (Å²) in [6, 6.07) is 0. The van der Waals surface area contributed by atoms with Gasteiger partial charge in [0.15, 0.2) is 12.2 Å². The molecule has 0 aromatic carbocycles. The number of phosphoric acid groups is 2. The van der Waals surface area contributed by atoms with E-state index in [0.29, 0.717) is 25.7 Å². The molecule has 0 aromatic rings. The number of hydrogen-bond donors (Lipinski definition) is 3. The van der Waals surface area contributed by atoms with E-state index in [1.165, 1.54) is 238 Å². The predicted molar refractivity (Wildman–Crippen MR) is 414 cm³/mol. The van der Waals surface area contributed by atoms with E-state index < -0.39 is 97.5 Å². The second-order valence-electron chi connectivity index (χ2n) is 30.9. The normalized spacial score (nSPS) is 14.0. The van der Waals surface area contributed by atoms with Crippen LogP contribution in [-0.2, 0) is 65.4 Å². The van der Waals surface area contributed by atoms with Crippen molar-refractivity contribution in [2.75, 3.05) is 39.6 Å². The van der Waals surface area contributed by atoms with Crippen LogP contribution >= 0.6 is 15.6 Å². The van der Waals surface area contributed by atoms with Crippen molar-refractivity contribution in [3.05, 3.63) is 0 Å². The third-order valence-electron chi connectivity index (χ3n) is 19.1. The Balaban J connectivity index is 5.26. The third kappa shape index (κ3) is 76.1. The minimum atomic E-state index is -4.96. The molecule has 0 spiro atoms. The quantitative estimate of drug-likeness (QED) is 0.0222. The third-order valence-corrected chi connectivity index (χ3v) is 21.0. The lowest BCUT2D eigenvalue weighted by molar-refractivity contribution is -0.161. The molecule has 0 heterocycles. The van der Waals surface area contributed by atoms with Gasteiger partial charge in [0.1, 0.15) is 19.3 Å². The first-order chi connectivity index (χ1) is 48.7. The van der Waals surface area contributed by atoms with Crippen LogP contribution in [0.4, 0.5) is 0 Å². The summed E-state index contributed by atoms with van der Waals surface area (Å²) in [6.07, 6.45) is 60.9. The van der Waals surface area contributed by atoms with E-state index in [9.17, 15) is 43.2 Å². The Morgan fingerprint density at radius 3 is 0.673 bits per heavy atom. The van der Waals surface area contributed by atoms with Crippen molar-refractivity contribution in [1.29, 1.82) is 0 Å². The molecular weight excluding hydrogens is 1320 g/mol. The summed E-state index contributed by atoms with van der Waals surface area (Å²) in [5, 5.41) is 10.7. The second kappa shape index (κ2) is 72.3. The largest absolute Gasteiger partial charge is 0.472 e. The topological polar surface area (TPSA) is 237 Å². The number of unbranched alkanes of at least 4 members (excludes halogenated alkanes) is 48. The fourth-order valence-corrected chi connectivity index (χ4v) is 14.2. The van der Waals surface area contributed by atoms with Gasteiger partial charge in [-0.05, 0) is 43.4 Å². The lowest BCUT2D eigenvalue weighted by Crippen LogP contribution is -2.30. The summed E-state index contributed by atoms with van der Waals surface area (Å²) in [7, 11) is -9.92. The highest BCUT2D eigenvalue weighted by atomic mass is 31.2. The summed E-state index contributed by atoms with van der Waals surface area (Å²) in [5.41, 5.74) is 0. The summed E-state index contributed by atoms with van der Waals surface area (Å²) in [4.78, 5) is 73.1. The van der Waals surface area contributed by atoms with Gasteiger partial charge in [0.05, 0.1) is 26.4 Å². The van der Waals surface area contributed by atoms with Crippen LogP contribution in [0.2, 0.25) is 0 Å². The number of carbonyl (C=O) groups is 4. The van der Waals surface area contributed by atoms with Gasteiger partial charge in [0.25, 0.3) is 0 Å². The Morgan fingerprint density at radius 2 is 0.455 bits per heavy atom. The van der Waals surface area contributed by atoms with Crippen LogP contribution in [0.25, 0.3) is 0 Å². The zero-order chi connectivity index (χ0) is 74.4. The van der Waals surface area contributed by atoms with Crippen LogP contribution in [-0.4, -0.2) is 96.7 Å². The van der Waals surface area contributed by atoms with Gasteiger partial charge < -0.3 is 33.8 Å². The van der Waals surface area contributed by atoms with Gasteiger partial charge in [0, 0.05) is 25.7 Å². The number of ether oxygens (including phenoxy) is 4. The average Bonchev–Trinajstić information content (AvgIpc) is 0.939. The Kier molecular flexibility index (Phi) is 70.9. The zero-order valence-electron chi connectivity index (χ0n) is 66.4. The van der Waals surface area contributed by atoms with Crippen LogP contribution in [0, 0.1) is 17.8 Å². The zero-order valence-corrected chi connectivity index (χ0v) is 68.2. The molecule has 600 valence electrons. The number of carbonyl (C=O) groups excluding carboxylic acids is 4. The van der Waals surface area contributed by atoms with Gasteiger partial charge >= 0.3 is 39.5 Å². The van der Waals surface area contributed by atoms with E-state index in [0.717, 1.165) is 108 Å². The first kappa shape index (κ1) is 99.1. The first-order valence-corrected chi connectivity index (χ1v) is 45.3. The van der Waals surface area contributed by atoms with Gasteiger partial charge in [-0.3, -0.25) is 37.3 Å². The highest BCUT2D eigenvalue weighted by Gasteiger charge is 2.30. The molecule has 0 aliphatic rings. The molecule has 17 nitrogen and oxygen atoms in total. The minimum Gasteiger partial charge on any atom is -0.462 e. The molecule has 101 heavy (non-hydrogen) atoms. The molecule has 0 saturated heterocycles. The smallest absolute Gasteiger partial charge is 0.462 e. The molecule has 0 amide bonds. The molecular formula is C82H160O17P2. The lowest BCUT2D eigenvalue weighted by atomic mass is 10.0. The molecule has 0 rings (SSSR count). The molecule has 0 fully saturated rings. The molecule has 3 N–H and O–H groups in total. The fraction of sp³-hybridized carbons (Fsp3) is 0.951. The summed E-state index contributed by atoms with van der Waals surface area (Å²) in [5.74, 6) is 0.245. The van der Waals surface area contributed by atoms with Crippen molar-refractivity contribution in [3.8, 4) is 0 Å². The van der Waals surface area contributed by atoms with Gasteiger partial charge in [0.2, 0.25) is 0 Å². The molecule has 0 radical (unpaired) electrons. The molecule has 0 aliphatic heterocycles. The Morgan fingerprint density at radius 1 is 0.267 bits per heavy atom. The molecule has 5 atom stereocenters. The van der Waals surface area contributed by atoms with Crippen molar-refractivity contribution in [2.45, 2.75) is 446 Å². The number of rotatable bonds is 80. The summed E-state index contributed by atoms with van der Waals surface area (Å²) in [6.45, 7) is 12.0. The lowest BCUT2D eigenvalue weighted by Gasteiger charge is -2.21. The monoisotopic (exact) mass is 1480 g/mol. The van der Waals surface area contributed by atoms with Crippen LogP contribution in [0.3, 0.4) is 0 Å². The number of hydrogen-bond acceptors (Lipinski definition) is 15. The number of aliphatic hydroxyl groups excluding tert-OH is 1. The SMILES string of the molecule is CCCCCCCCCCCCCCCC(=O)OC[C@H](COP(=O)(O)OC[C@H](O)COP(=O)(O)OC[C@@H](COC(=O)CCCCCCCCCCCCCCCC(C)C)OC(=O)CCCCCCCCCCCCCCCCCCC(C)C)OC(=O)CCCCCCCCCCCCC(C)C. The highest BCUT2D eigenvalue weighted by molar-refractivity contribution is 7.47. The maximum absolute atomic E-state index is 13.1. The van der Waals surface area contributed by atoms with Gasteiger partial charge in [-0.15, -0.1) is 0 Å². The van der Waals surface area contributed by atoms with E-state index in [1.807, 2.05) is 0 Å². The Hall–Kier alpha value is -1.94. The molecule has 0 bridgehead atoms. The maximum Gasteiger partial charge on any atom is 0.472 e. The minimum absolute atomic E-state index is 0.106. The van der Waals surface area contributed by atoms with Gasteiger partial charge in [-0.25, -0.2) is 9.13 Å². The molecule has 0 aromatic heterocycles. The van der Waals surface area contributed by atoms with E-state index >= 15 is 0 Å². The van der Waals surface area contributed by atoms with Crippen molar-refractivity contribution < 1.29 is 80.2 Å². The molecule has 2 unspecified atom stereocenters. The second-order valence-corrected chi connectivity index (χ2v) is 33.8. The summed E-state index contributed by atoms with van der Waals surface area (Å²) >= 11 is 0. The number of aliphatic hydroxyl groups is 1. The van der Waals surface area contributed by atoms with Crippen LogP contribution in [0.15, 0.2) is 0 Å². The standard InChI is InChI=1S/C82H160O17P2/c1-8-9-10-11-12-13-14-20-27-35-42-49-56-63-79(84)92-70-78(99-82(87)66-59-52-45-38-31-30-34-41-48-55-62-75(6)7)72-97-101(90,91)95-68-76(83)67-94-100(88,89)96-71-77(69-93-80(85)64-57-50-43-36-28-24-19-22-26-33-40-47-54-61-74(4)5)98-81(86)65-58-51-44-37-29-23-18-16-15-17-21-25-32-39-46-53-60-73(2)3/h73-78,83H,8-72H2,1-7H3,(H,88,89)(H,90,91)/t76-,77-,78-/m1/s1. The predicted octanol–water partition coefficient (Wildman–Crippen LogP) is 24.5. The van der Waals surface area contributed by atoms with Crippen LogP contribution < -0.4 is 0 Å². The van der Waals surface area contributed by atoms with E-state index in [4.69, 9.17) is 37.0 Å². The molecule has 0 saturated carbocycles. The average molecular weight is 1480 g/mol. The number of esters is 4. The number of phosphoric ester groups is 2. The van der Waals surface area contributed by atoms with Crippen molar-refractivity contribution in [3.63, 3.8) is 0 Å². The van der Waals surface area contributed by atoms with Crippen LogP contribution in [0.5, 0.6) is 0 Å². The molecule has 19 heteroatoms. The van der Waals surface area contributed by atoms with Gasteiger partial charge in [-0.2, -0.15) is 0 Å².